The van der Waals surface area contributed by atoms with Crippen molar-refractivity contribution in [1.82, 2.24) is 24.8 Å². The molecule has 0 radical (unpaired) electrons. The van der Waals surface area contributed by atoms with Crippen LogP contribution in [0.1, 0.15) is 41.0 Å². The summed E-state index contributed by atoms with van der Waals surface area (Å²) in [6.45, 7) is 3.67. The molecule has 2 saturated heterocycles. The van der Waals surface area contributed by atoms with Crippen LogP contribution in [0.4, 0.5) is 5.95 Å². The number of carbonyl (C=O) groups is 1. The molecule has 10 nitrogen and oxygen atoms in total. The van der Waals surface area contributed by atoms with Crippen LogP contribution in [0, 0.1) is 0 Å². The monoisotopic (exact) mass is 412 g/mol. The van der Waals surface area contributed by atoms with Gasteiger partial charge in [0.1, 0.15) is 0 Å². The highest BCUT2D eigenvalue weighted by Crippen LogP contribution is 2.44. The molecule has 2 N–H and O–H groups in total. The average molecular weight is 412 g/mol. The topological polar surface area (TPSA) is 124 Å². The van der Waals surface area contributed by atoms with Crippen LogP contribution in [0.5, 0.6) is 0 Å². The molecule has 0 bridgehead atoms. The number of hydrogen-bond donors (Lipinski definition) is 2. The Labute approximate surface area is 172 Å². The van der Waals surface area contributed by atoms with Gasteiger partial charge in [0, 0.05) is 49.6 Å². The van der Waals surface area contributed by atoms with Crippen LogP contribution in [0.2, 0.25) is 0 Å². The first-order valence-electron chi connectivity index (χ1n) is 10.4. The van der Waals surface area contributed by atoms with Crippen molar-refractivity contribution < 1.29 is 9.53 Å². The number of carbonyl (C=O) groups excluding carboxylic acids is 1. The third-order valence-corrected chi connectivity index (χ3v) is 6.59. The fraction of sp³-hybridized carbons (Fsp3) is 0.550. The first-order chi connectivity index (χ1) is 14.6. The number of likely N-dealkylation sites (tertiary alicyclic amines) is 1. The summed E-state index contributed by atoms with van der Waals surface area (Å²) in [5.74, 6) is 0.264. The first kappa shape index (κ1) is 19.0. The van der Waals surface area contributed by atoms with Crippen molar-refractivity contribution in [3.8, 4) is 0 Å². The fourth-order valence-electron chi connectivity index (χ4n) is 4.84. The van der Waals surface area contributed by atoms with Crippen LogP contribution in [-0.4, -0.2) is 70.1 Å². The molecule has 1 amide bonds. The Kier molecular flexibility index (Phi) is 4.65. The summed E-state index contributed by atoms with van der Waals surface area (Å²) in [5, 5.41) is 0. The van der Waals surface area contributed by atoms with Crippen molar-refractivity contribution in [3.05, 3.63) is 50.1 Å². The lowest BCUT2D eigenvalue weighted by atomic mass is 9.76. The Morgan fingerprint density at radius 2 is 1.83 bits per heavy atom. The molecular formula is C20H24N6O4. The molecule has 0 saturated carbocycles. The zero-order valence-electron chi connectivity index (χ0n) is 16.6. The van der Waals surface area contributed by atoms with Gasteiger partial charge in [-0.1, -0.05) is 0 Å². The second-order valence-electron chi connectivity index (χ2n) is 8.16. The number of ether oxygens (including phenoxy) is 1. The van der Waals surface area contributed by atoms with Crippen molar-refractivity contribution in [2.75, 3.05) is 44.3 Å². The molecule has 1 aliphatic carbocycles. The van der Waals surface area contributed by atoms with Crippen LogP contribution in [0.25, 0.3) is 0 Å². The second-order valence-corrected chi connectivity index (χ2v) is 8.16. The van der Waals surface area contributed by atoms with Gasteiger partial charge in [0.15, 0.2) is 5.69 Å². The molecule has 5 rings (SSSR count). The Hall–Kier alpha value is -3.01. The number of hydrogen-bond acceptors (Lipinski definition) is 7. The summed E-state index contributed by atoms with van der Waals surface area (Å²) in [5.41, 5.74) is 0.847. The van der Waals surface area contributed by atoms with Gasteiger partial charge in [0.25, 0.3) is 17.0 Å². The van der Waals surface area contributed by atoms with Crippen LogP contribution >= 0.6 is 0 Å². The third-order valence-electron chi connectivity index (χ3n) is 6.59. The number of morpholine rings is 1. The summed E-state index contributed by atoms with van der Waals surface area (Å²) in [6, 6.07) is 0. The van der Waals surface area contributed by atoms with Gasteiger partial charge in [0.2, 0.25) is 5.95 Å². The smallest absolute Gasteiger partial charge is 0.279 e. The molecule has 158 valence electrons. The molecule has 10 heteroatoms. The van der Waals surface area contributed by atoms with E-state index in [1.807, 2.05) is 0 Å². The number of fused-ring (bicyclic) bond motifs is 2. The van der Waals surface area contributed by atoms with Gasteiger partial charge in [-0.05, 0) is 25.7 Å². The normalized spacial score (nSPS) is 20.4. The number of rotatable bonds is 2. The van der Waals surface area contributed by atoms with Crippen LogP contribution in [-0.2, 0) is 16.6 Å². The Morgan fingerprint density at radius 1 is 1.07 bits per heavy atom. The van der Waals surface area contributed by atoms with Crippen molar-refractivity contribution in [3.63, 3.8) is 0 Å². The van der Waals surface area contributed by atoms with Gasteiger partial charge in [-0.3, -0.25) is 19.4 Å². The highest BCUT2D eigenvalue weighted by atomic mass is 16.5. The van der Waals surface area contributed by atoms with Crippen molar-refractivity contribution >= 4 is 11.9 Å². The van der Waals surface area contributed by atoms with Crippen LogP contribution in [0.15, 0.2) is 22.0 Å². The standard InChI is InChI=1S/C20H24N6O4/c27-16-13-1-2-20(15(13)23-19(24-16)26-9-11-30-12-10-26)3-7-25(8-4-20)18(29)14-17(28)22-6-5-21-14/h5-6H,1-4,7-12H2,(H,22,28)(H,23,24,27). The van der Waals surface area contributed by atoms with E-state index >= 15 is 0 Å². The molecule has 0 aromatic carbocycles. The van der Waals surface area contributed by atoms with E-state index in [1.54, 1.807) is 4.90 Å². The average Bonchev–Trinajstić information content (AvgIpc) is 3.13. The predicted octanol–water partition coefficient (Wildman–Crippen LogP) is -0.190. The van der Waals surface area contributed by atoms with E-state index in [0.717, 1.165) is 30.5 Å². The number of nitrogens with one attached hydrogen (secondary N) is 2. The molecule has 30 heavy (non-hydrogen) atoms. The summed E-state index contributed by atoms with van der Waals surface area (Å²) in [7, 11) is 0. The lowest BCUT2D eigenvalue weighted by molar-refractivity contribution is 0.0655. The minimum atomic E-state index is -0.475. The molecule has 1 spiro atoms. The van der Waals surface area contributed by atoms with Crippen LogP contribution < -0.4 is 16.0 Å². The van der Waals surface area contributed by atoms with Crippen molar-refractivity contribution in [2.24, 2.45) is 0 Å². The number of aromatic nitrogens is 4. The quantitative estimate of drug-likeness (QED) is 0.701. The predicted molar refractivity (Wildman–Crippen MR) is 108 cm³/mol. The van der Waals surface area contributed by atoms with Gasteiger partial charge < -0.3 is 19.5 Å². The highest BCUT2D eigenvalue weighted by Gasteiger charge is 2.45. The van der Waals surface area contributed by atoms with E-state index in [4.69, 9.17) is 9.72 Å². The number of anilines is 1. The second kappa shape index (κ2) is 7.35. The van der Waals surface area contributed by atoms with E-state index in [0.29, 0.717) is 51.8 Å². The Morgan fingerprint density at radius 3 is 2.57 bits per heavy atom. The molecule has 2 aromatic heterocycles. The lowest BCUT2D eigenvalue weighted by Crippen LogP contribution is -2.46. The maximum absolute atomic E-state index is 12.7. The minimum Gasteiger partial charge on any atom is -0.378 e. The fourth-order valence-corrected chi connectivity index (χ4v) is 4.84. The zero-order chi connectivity index (χ0) is 20.7. The maximum atomic E-state index is 12.7. The molecule has 0 atom stereocenters. The Balaban J connectivity index is 1.39. The number of amides is 1. The number of aromatic amines is 2. The van der Waals surface area contributed by atoms with Gasteiger partial charge >= 0.3 is 0 Å². The third kappa shape index (κ3) is 3.11. The van der Waals surface area contributed by atoms with E-state index in [2.05, 4.69) is 19.9 Å². The minimum absolute atomic E-state index is 0.0584. The van der Waals surface area contributed by atoms with Gasteiger partial charge in [-0.25, -0.2) is 9.97 Å². The van der Waals surface area contributed by atoms with Crippen molar-refractivity contribution in [1.29, 1.82) is 0 Å². The van der Waals surface area contributed by atoms with Crippen LogP contribution in [0.3, 0.4) is 0 Å². The van der Waals surface area contributed by atoms with Crippen molar-refractivity contribution in [2.45, 2.75) is 31.1 Å². The van der Waals surface area contributed by atoms with E-state index in [-0.39, 0.29) is 22.6 Å². The zero-order valence-corrected chi connectivity index (χ0v) is 16.6. The number of H-pyrrole nitrogens is 2. The van der Waals surface area contributed by atoms with Gasteiger partial charge in [-0.15, -0.1) is 0 Å². The molecule has 2 fully saturated rings. The number of nitrogens with zero attached hydrogens (tertiary/aromatic N) is 4. The molecule has 0 unspecified atom stereocenters. The maximum Gasteiger partial charge on any atom is 0.279 e. The lowest BCUT2D eigenvalue weighted by Gasteiger charge is -2.39. The first-order valence-corrected chi connectivity index (χ1v) is 10.4. The molecule has 4 heterocycles. The SMILES string of the molecule is O=C(c1ncc[nH]c1=O)N1CCC2(CCc3c2nc(N2CCOCC2)[nH]c3=O)CC1. The molecule has 3 aliphatic rings. The molecule has 2 aromatic rings. The summed E-state index contributed by atoms with van der Waals surface area (Å²) >= 11 is 0. The highest BCUT2D eigenvalue weighted by molar-refractivity contribution is 5.92. The number of piperidine rings is 1. The van der Waals surface area contributed by atoms with Gasteiger partial charge in [0.05, 0.1) is 18.9 Å². The van der Waals surface area contributed by atoms with E-state index < -0.39 is 5.56 Å². The summed E-state index contributed by atoms with van der Waals surface area (Å²) in [4.78, 5) is 55.4. The Bertz CT molecular complexity index is 1080. The summed E-state index contributed by atoms with van der Waals surface area (Å²) in [6.07, 6.45) is 5.82. The van der Waals surface area contributed by atoms with E-state index in [1.165, 1.54) is 12.4 Å². The molecule has 2 aliphatic heterocycles. The van der Waals surface area contributed by atoms with Gasteiger partial charge in [-0.2, -0.15) is 0 Å². The summed E-state index contributed by atoms with van der Waals surface area (Å²) < 4.78 is 5.40. The molecular weight excluding hydrogens is 388 g/mol. The largest absolute Gasteiger partial charge is 0.378 e. The van der Waals surface area contributed by atoms with E-state index in [9.17, 15) is 14.4 Å².